The highest BCUT2D eigenvalue weighted by Gasteiger charge is 2.25. The molecule has 1 heterocycles. The number of anilines is 1. The first-order valence-corrected chi connectivity index (χ1v) is 10.8. The van der Waals surface area contributed by atoms with Crippen LogP contribution in [-0.4, -0.2) is 71.4 Å². The van der Waals surface area contributed by atoms with Gasteiger partial charge in [0.05, 0.1) is 52.7 Å². The smallest absolute Gasteiger partial charge is 0.277 e. The molecule has 1 aliphatic heterocycles. The standard InChI is InChI=1S/C24H33N3O4/c1-5-31-21-9-7-6-8-20(21)27-14-12-26(13-15-27)18-24(28)25(2)17-19-10-11-22(29-3)23(16-19)30-4/h6-11,16H,5,12-15,17-18H2,1-4H3/p+1. The molecule has 0 unspecified atom stereocenters. The number of methoxy groups -OCH3 is 2. The molecule has 7 nitrogen and oxygen atoms in total. The molecule has 0 bridgehead atoms. The zero-order valence-corrected chi connectivity index (χ0v) is 19.0. The summed E-state index contributed by atoms with van der Waals surface area (Å²) in [6.07, 6.45) is 0. The molecule has 7 heteroatoms. The second-order valence-corrected chi connectivity index (χ2v) is 7.75. The van der Waals surface area contributed by atoms with Gasteiger partial charge in [0.15, 0.2) is 18.0 Å². The monoisotopic (exact) mass is 428 g/mol. The number of quaternary nitrogens is 1. The second kappa shape index (κ2) is 10.9. The topological polar surface area (TPSA) is 55.7 Å². The van der Waals surface area contributed by atoms with Crippen molar-refractivity contribution in [2.75, 3.05) is 65.5 Å². The lowest BCUT2D eigenvalue weighted by molar-refractivity contribution is -0.892. The molecule has 2 aromatic carbocycles. The van der Waals surface area contributed by atoms with E-state index in [-0.39, 0.29) is 5.91 Å². The van der Waals surface area contributed by atoms with Crippen LogP contribution in [0.25, 0.3) is 0 Å². The molecule has 168 valence electrons. The zero-order valence-electron chi connectivity index (χ0n) is 19.0. The lowest BCUT2D eigenvalue weighted by Crippen LogP contribution is -3.15. The first-order chi connectivity index (χ1) is 15.0. The van der Waals surface area contributed by atoms with Crippen molar-refractivity contribution in [2.45, 2.75) is 13.5 Å². The molecule has 0 aliphatic carbocycles. The van der Waals surface area contributed by atoms with Gasteiger partial charge in [0.2, 0.25) is 0 Å². The predicted octanol–water partition coefficient (Wildman–Crippen LogP) is 1.47. The minimum Gasteiger partial charge on any atom is -0.493 e. The van der Waals surface area contributed by atoms with E-state index >= 15 is 0 Å². The Bertz CT molecular complexity index is 866. The van der Waals surface area contributed by atoms with Crippen LogP contribution in [0.2, 0.25) is 0 Å². The zero-order chi connectivity index (χ0) is 22.2. The van der Waals surface area contributed by atoms with Crippen LogP contribution in [0.1, 0.15) is 12.5 Å². The number of para-hydroxylation sites is 2. The van der Waals surface area contributed by atoms with Gasteiger partial charge < -0.3 is 28.9 Å². The molecule has 31 heavy (non-hydrogen) atoms. The Morgan fingerprint density at radius 1 is 1.03 bits per heavy atom. The lowest BCUT2D eigenvalue weighted by atomic mass is 10.2. The summed E-state index contributed by atoms with van der Waals surface area (Å²) in [6.45, 7) is 7.38. The normalized spacial score (nSPS) is 14.3. The van der Waals surface area contributed by atoms with Gasteiger partial charge in [0.1, 0.15) is 5.75 Å². The summed E-state index contributed by atoms with van der Waals surface area (Å²) in [5.74, 6) is 2.44. The molecule has 0 aromatic heterocycles. The summed E-state index contributed by atoms with van der Waals surface area (Å²) < 4.78 is 16.4. The number of rotatable bonds is 9. The number of carbonyl (C=O) groups is 1. The van der Waals surface area contributed by atoms with E-state index in [1.54, 1.807) is 19.1 Å². The summed E-state index contributed by atoms with van der Waals surface area (Å²) in [6, 6.07) is 13.9. The average Bonchev–Trinajstić information content (AvgIpc) is 2.80. The van der Waals surface area contributed by atoms with Crippen LogP contribution in [0, 0.1) is 0 Å². The summed E-state index contributed by atoms with van der Waals surface area (Å²) in [4.78, 5) is 18.2. The number of amides is 1. The Balaban J connectivity index is 1.52. The molecule has 1 saturated heterocycles. The number of likely N-dealkylation sites (N-methyl/N-ethyl adjacent to an activating group) is 1. The quantitative estimate of drug-likeness (QED) is 0.656. The van der Waals surface area contributed by atoms with Crippen LogP contribution in [-0.2, 0) is 11.3 Å². The summed E-state index contributed by atoms with van der Waals surface area (Å²) >= 11 is 0. The van der Waals surface area contributed by atoms with Crippen molar-refractivity contribution in [2.24, 2.45) is 0 Å². The third-order valence-corrected chi connectivity index (χ3v) is 5.67. The fourth-order valence-corrected chi connectivity index (χ4v) is 3.93. The maximum Gasteiger partial charge on any atom is 0.277 e. The number of carbonyl (C=O) groups excluding carboxylic acids is 1. The van der Waals surface area contributed by atoms with E-state index < -0.39 is 0 Å². The largest absolute Gasteiger partial charge is 0.493 e. The van der Waals surface area contributed by atoms with Crippen molar-refractivity contribution in [1.82, 2.24) is 4.90 Å². The number of hydrogen-bond acceptors (Lipinski definition) is 5. The second-order valence-electron chi connectivity index (χ2n) is 7.75. The van der Waals surface area contributed by atoms with Crippen molar-refractivity contribution in [3.05, 3.63) is 48.0 Å². The molecule has 0 radical (unpaired) electrons. The van der Waals surface area contributed by atoms with Gasteiger partial charge >= 0.3 is 0 Å². The number of benzene rings is 2. The Morgan fingerprint density at radius 3 is 2.42 bits per heavy atom. The molecule has 1 amide bonds. The van der Waals surface area contributed by atoms with Crippen molar-refractivity contribution in [3.63, 3.8) is 0 Å². The maximum absolute atomic E-state index is 12.8. The SMILES string of the molecule is CCOc1ccccc1N1CC[NH+](CC(=O)N(C)Cc2ccc(OC)c(OC)c2)CC1. The van der Waals surface area contributed by atoms with Gasteiger partial charge in [0.25, 0.3) is 5.91 Å². The van der Waals surface area contributed by atoms with Gasteiger partial charge in [0, 0.05) is 13.6 Å². The maximum atomic E-state index is 12.8. The van der Waals surface area contributed by atoms with Gasteiger partial charge in [-0.05, 0) is 36.8 Å². The number of hydrogen-bond donors (Lipinski definition) is 1. The Kier molecular flexibility index (Phi) is 8.00. The summed E-state index contributed by atoms with van der Waals surface area (Å²) in [5, 5.41) is 0. The Morgan fingerprint density at radius 2 is 1.74 bits per heavy atom. The van der Waals surface area contributed by atoms with E-state index in [9.17, 15) is 4.79 Å². The molecule has 1 fully saturated rings. The highest BCUT2D eigenvalue weighted by molar-refractivity contribution is 5.76. The first kappa shape index (κ1) is 22.7. The molecule has 2 aromatic rings. The summed E-state index contributed by atoms with van der Waals surface area (Å²) in [7, 11) is 5.09. The minimum absolute atomic E-state index is 0.146. The van der Waals surface area contributed by atoms with Gasteiger partial charge in [-0.3, -0.25) is 4.79 Å². The Labute approximate surface area is 185 Å². The van der Waals surface area contributed by atoms with Crippen LogP contribution in [0.5, 0.6) is 17.2 Å². The van der Waals surface area contributed by atoms with Gasteiger partial charge in [-0.15, -0.1) is 0 Å². The third kappa shape index (κ3) is 5.82. The minimum atomic E-state index is 0.146. The third-order valence-electron chi connectivity index (χ3n) is 5.67. The highest BCUT2D eigenvalue weighted by Crippen LogP contribution is 2.28. The summed E-state index contributed by atoms with van der Waals surface area (Å²) in [5.41, 5.74) is 2.15. The molecule has 3 rings (SSSR count). The van der Waals surface area contributed by atoms with Crippen molar-refractivity contribution >= 4 is 11.6 Å². The van der Waals surface area contributed by atoms with Crippen molar-refractivity contribution < 1.29 is 23.9 Å². The van der Waals surface area contributed by atoms with E-state index in [1.807, 2.05) is 50.4 Å². The number of nitrogens with zero attached hydrogens (tertiary/aromatic N) is 2. The van der Waals surface area contributed by atoms with Crippen LogP contribution in [0.3, 0.4) is 0 Å². The molecule has 1 aliphatic rings. The van der Waals surface area contributed by atoms with Crippen LogP contribution in [0.4, 0.5) is 5.69 Å². The van der Waals surface area contributed by atoms with E-state index in [0.29, 0.717) is 31.2 Å². The lowest BCUT2D eigenvalue weighted by Gasteiger charge is -2.34. The number of piperazine rings is 1. The highest BCUT2D eigenvalue weighted by atomic mass is 16.5. The van der Waals surface area contributed by atoms with Crippen LogP contribution < -0.4 is 24.0 Å². The molecule has 0 atom stereocenters. The van der Waals surface area contributed by atoms with E-state index in [2.05, 4.69) is 11.0 Å². The molecular weight excluding hydrogens is 394 g/mol. The molecule has 1 N–H and O–H groups in total. The molecule has 0 spiro atoms. The van der Waals surface area contributed by atoms with Crippen molar-refractivity contribution in [3.8, 4) is 17.2 Å². The van der Waals surface area contributed by atoms with Gasteiger partial charge in [-0.25, -0.2) is 0 Å². The fraction of sp³-hybridized carbons (Fsp3) is 0.458. The number of nitrogens with one attached hydrogen (secondary N) is 1. The van der Waals surface area contributed by atoms with E-state index in [4.69, 9.17) is 14.2 Å². The number of ether oxygens (including phenoxy) is 3. The first-order valence-electron chi connectivity index (χ1n) is 10.8. The van der Waals surface area contributed by atoms with Crippen molar-refractivity contribution in [1.29, 1.82) is 0 Å². The average molecular weight is 429 g/mol. The predicted molar refractivity (Wildman–Crippen MR) is 121 cm³/mol. The molecule has 0 saturated carbocycles. The Hall–Kier alpha value is -2.93. The van der Waals surface area contributed by atoms with E-state index in [1.165, 1.54) is 4.90 Å². The molecular formula is C24H34N3O4+. The van der Waals surface area contributed by atoms with Gasteiger partial charge in [-0.2, -0.15) is 0 Å². The van der Waals surface area contributed by atoms with Crippen LogP contribution in [0.15, 0.2) is 42.5 Å². The fourth-order valence-electron chi connectivity index (χ4n) is 3.93. The van der Waals surface area contributed by atoms with Gasteiger partial charge in [-0.1, -0.05) is 18.2 Å². The van der Waals surface area contributed by atoms with E-state index in [0.717, 1.165) is 43.2 Å². The van der Waals surface area contributed by atoms with Crippen LogP contribution >= 0.6 is 0 Å².